The van der Waals surface area contributed by atoms with Crippen molar-refractivity contribution in [1.82, 2.24) is 14.8 Å². The lowest BCUT2D eigenvalue weighted by molar-refractivity contribution is 0.475. The van der Waals surface area contributed by atoms with Gasteiger partial charge >= 0.3 is 0 Å². The van der Waals surface area contributed by atoms with Crippen LogP contribution < -0.4 is 0 Å². The number of phenols is 1. The van der Waals surface area contributed by atoms with E-state index >= 15 is 0 Å². The van der Waals surface area contributed by atoms with Gasteiger partial charge in [0.25, 0.3) is 0 Å². The Labute approximate surface area is 139 Å². The number of nitrogens with zero attached hydrogens (tertiary/aromatic N) is 3. The maximum Gasteiger partial charge on any atom is 0.163 e. The van der Waals surface area contributed by atoms with Crippen LogP contribution in [0.25, 0.3) is 11.4 Å². The Morgan fingerprint density at radius 3 is 2.26 bits per heavy atom. The molecule has 0 saturated heterocycles. The van der Waals surface area contributed by atoms with Gasteiger partial charge in [-0.1, -0.05) is 23.7 Å². The second-order valence-corrected chi connectivity index (χ2v) is 6.48. The second-order valence-electron chi connectivity index (χ2n) is 6.04. The Kier molecular flexibility index (Phi) is 3.16. The van der Waals surface area contributed by atoms with E-state index in [1.165, 1.54) is 5.56 Å². The molecule has 0 aliphatic heterocycles. The number of rotatable bonds is 3. The molecule has 0 bridgehead atoms. The van der Waals surface area contributed by atoms with E-state index in [9.17, 15) is 5.11 Å². The van der Waals surface area contributed by atoms with Crippen molar-refractivity contribution >= 4 is 11.6 Å². The van der Waals surface area contributed by atoms with Crippen LogP contribution in [-0.2, 0) is 12.5 Å². The molecule has 1 saturated carbocycles. The van der Waals surface area contributed by atoms with Gasteiger partial charge in [0.1, 0.15) is 11.6 Å². The Bertz CT molecular complexity index is 849. The number of hydrogen-bond donors (Lipinski definition) is 1. The fourth-order valence-electron chi connectivity index (χ4n) is 3.14. The van der Waals surface area contributed by atoms with E-state index < -0.39 is 0 Å². The maximum absolute atomic E-state index is 9.43. The van der Waals surface area contributed by atoms with Gasteiger partial charge < -0.3 is 9.67 Å². The Balaban J connectivity index is 1.76. The zero-order valence-electron chi connectivity index (χ0n) is 12.7. The minimum absolute atomic E-state index is 0.0541. The molecule has 1 aliphatic carbocycles. The van der Waals surface area contributed by atoms with E-state index in [1.54, 1.807) is 12.1 Å². The van der Waals surface area contributed by atoms with Gasteiger partial charge in [0.05, 0.1) is 5.41 Å². The van der Waals surface area contributed by atoms with E-state index in [1.807, 2.05) is 35.9 Å². The summed E-state index contributed by atoms with van der Waals surface area (Å²) in [5.74, 6) is 2.03. The molecule has 3 aromatic rings. The molecule has 1 aromatic heterocycles. The monoisotopic (exact) mass is 325 g/mol. The molecule has 116 valence electrons. The first kappa shape index (κ1) is 14.3. The normalized spacial score (nSPS) is 15.6. The van der Waals surface area contributed by atoms with Gasteiger partial charge in [0.2, 0.25) is 0 Å². The summed E-state index contributed by atoms with van der Waals surface area (Å²) in [6.07, 6.45) is 2.13. The van der Waals surface area contributed by atoms with Crippen LogP contribution in [0.4, 0.5) is 0 Å². The van der Waals surface area contributed by atoms with E-state index in [2.05, 4.69) is 22.3 Å². The SMILES string of the molecule is Cn1c(-c2ccc(O)cc2)nnc1C1(c2ccc(Cl)cc2)CC1. The molecule has 1 aliphatic rings. The highest BCUT2D eigenvalue weighted by molar-refractivity contribution is 6.30. The molecule has 2 aromatic carbocycles. The topological polar surface area (TPSA) is 50.9 Å². The van der Waals surface area contributed by atoms with Crippen LogP contribution in [0.3, 0.4) is 0 Å². The van der Waals surface area contributed by atoms with Crippen LogP contribution >= 0.6 is 11.6 Å². The maximum atomic E-state index is 9.43. The summed E-state index contributed by atoms with van der Waals surface area (Å²) in [5.41, 5.74) is 2.12. The second kappa shape index (κ2) is 5.10. The molecule has 0 radical (unpaired) electrons. The summed E-state index contributed by atoms with van der Waals surface area (Å²) in [5, 5.41) is 19.0. The van der Waals surface area contributed by atoms with Crippen molar-refractivity contribution in [2.45, 2.75) is 18.3 Å². The van der Waals surface area contributed by atoms with Crippen molar-refractivity contribution in [3.05, 3.63) is 64.9 Å². The quantitative estimate of drug-likeness (QED) is 0.794. The molecule has 1 N–H and O–H groups in total. The summed E-state index contributed by atoms with van der Waals surface area (Å²) in [6.45, 7) is 0. The molecule has 1 heterocycles. The highest BCUT2D eigenvalue weighted by Crippen LogP contribution is 2.53. The van der Waals surface area contributed by atoms with Gasteiger partial charge in [-0.15, -0.1) is 10.2 Å². The van der Waals surface area contributed by atoms with Crippen molar-refractivity contribution in [2.75, 3.05) is 0 Å². The lowest BCUT2D eigenvalue weighted by atomic mass is 9.95. The largest absolute Gasteiger partial charge is 0.508 e. The molecule has 1 fully saturated rings. The number of aromatic hydroxyl groups is 1. The van der Waals surface area contributed by atoms with Gasteiger partial charge in [0, 0.05) is 17.6 Å². The first-order valence-electron chi connectivity index (χ1n) is 7.55. The van der Waals surface area contributed by atoms with Gasteiger partial charge in [-0.05, 0) is 54.8 Å². The molecule has 5 heteroatoms. The van der Waals surface area contributed by atoms with Gasteiger partial charge in [-0.2, -0.15) is 0 Å². The van der Waals surface area contributed by atoms with Crippen LogP contribution in [0, 0.1) is 0 Å². The van der Waals surface area contributed by atoms with Crippen molar-refractivity contribution in [3.8, 4) is 17.1 Å². The van der Waals surface area contributed by atoms with E-state index in [0.29, 0.717) is 0 Å². The van der Waals surface area contributed by atoms with Crippen LogP contribution in [0.5, 0.6) is 5.75 Å². The fourth-order valence-corrected chi connectivity index (χ4v) is 3.27. The predicted molar refractivity (Wildman–Crippen MR) is 89.6 cm³/mol. The van der Waals surface area contributed by atoms with Crippen LogP contribution in [-0.4, -0.2) is 19.9 Å². The summed E-state index contributed by atoms with van der Waals surface area (Å²) in [6, 6.07) is 15.0. The smallest absolute Gasteiger partial charge is 0.163 e. The molecule has 4 rings (SSSR count). The van der Waals surface area contributed by atoms with E-state index in [4.69, 9.17) is 11.6 Å². The third kappa shape index (κ3) is 2.30. The van der Waals surface area contributed by atoms with Crippen LogP contribution in [0.15, 0.2) is 48.5 Å². The number of phenolic OH excluding ortho intramolecular Hbond substituents is 1. The highest BCUT2D eigenvalue weighted by Gasteiger charge is 2.49. The molecular formula is C18H16ClN3O. The lowest BCUT2D eigenvalue weighted by Crippen LogP contribution is -2.15. The van der Waals surface area contributed by atoms with Crippen LogP contribution in [0.2, 0.25) is 5.02 Å². The van der Waals surface area contributed by atoms with Crippen molar-refractivity contribution in [2.24, 2.45) is 7.05 Å². The predicted octanol–water partition coefficient (Wildman–Crippen LogP) is 3.92. The van der Waals surface area contributed by atoms with Gasteiger partial charge in [0.15, 0.2) is 5.82 Å². The third-order valence-corrected chi connectivity index (χ3v) is 4.83. The Morgan fingerprint density at radius 2 is 1.65 bits per heavy atom. The average Bonchev–Trinajstić information content (AvgIpc) is 3.26. The molecule has 0 spiro atoms. The summed E-state index contributed by atoms with van der Waals surface area (Å²) in [4.78, 5) is 0. The third-order valence-electron chi connectivity index (χ3n) is 4.58. The zero-order chi connectivity index (χ0) is 16.0. The number of benzene rings is 2. The highest BCUT2D eigenvalue weighted by atomic mass is 35.5. The first-order valence-corrected chi connectivity index (χ1v) is 7.93. The molecule has 23 heavy (non-hydrogen) atoms. The minimum atomic E-state index is -0.0541. The molecule has 0 unspecified atom stereocenters. The molecule has 0 atom stereocenters. The van der Waals surface area contributed by atoms with Gasteiger partial charge in [-0.25, -0.2) is 0 Å². The number of aromatic nitrogens is 3. The molecule has 0 amide bonds. The number of hydrogen-bond acceptors (Lipinski definition) is 3. The molecular weight excluding hydrogens is 310 g/mol. The van der Waals surface area contributed by atoms with E-state index in [-0.39, 0.29) is 11.2 Å². The van der Waals surface area contributed by atoms with E-state index in [0.717, 1.165) is 35.1 Å². The van der Waals surface area contributed by atoms with Crippen molar-refractivity contribution < 1.29 is 5.11 Å². The molecule has 4 nitrogen and oxygen atoms in total. The lowest BCUT2D eigenvalue weighted by Gasteiger charge is -2.15. The minimum Gasteiger partial charge on any atom is -0.508 e. The van der Waals surface area contributed by atoms with Gasteiger partial charge in [-0.3, -0.25) is 0 Å². The Morgan fingerprint density at radius 1 is 1.00 bits per heavy atom. The summed E-state index contributed by atoms with van der Waals surface area (Å²) < 4.78 is 2.05. The first-order chi connectivity index (χ1) is 11.1. The zero-order valence-corrected chi connectivity index (χ0v) is 13.5. The van der Waals surface area contributed by atoms with Crippen molar-refractivity contribution in [3.63, 3.8) is 0 Å². The summed E-state index contributed by atoms with van der Waals surface area (Å²) >= 11 is 6.00. The standard InChI is InChI=1S/C18H16ClN3O/c1-22-16(12-2-8-15(23)9-3-12)20-21-17(22)18(10-11-18)13-4-6-14(19)7-5-13/h2-9,23H,10-11H2,1H3. The fraction of sp³-hybridized carbons (Fsp3) is 0.222. The van der Waals surface area contributed by atoms with Crippen molar-refractivity contribution in [1.29, 1.82) is 0 Å². The van der Waals surface area contributed by atoms with Crippen LogP contribution in [0.1, 0.15) is 24.2 Å². The summed E-state index contributed by atoms with van der Waals surface area (Å²) in [7, 11) is 1.99. The Hall–Kier alpha value is -2.33. The average molecular weight is 326 g/mol. The number of halogens is 1.